The Kier molecular flexibility index (Phi) is 6.59. The summed E-state index contributed by atoms with van der Waals surface area (Å²) in [6.07, 6.45) is 4.59. The van der Waals surface area contributed by atoms with Crippen LogP contribution in [-0.2, 0) is 4.79 Å². The summed E-state index contributed by atoms with van der Waals surface area (Å²) < 4.78 is 0. The average molecular weight is 186 g/mol. The van der Waals surface area contributed by atoms with Crippen LogP contribution in [-0.4, -0.2) is 18.0 Å². The molecule has 0 heterocycles. The highest BCUT2D eigenvalue weighted by Gasteiger charge is 2.13. The van der Waals surface area contributed by atoms with Gasteiger partial charge < -0.3 is 11.1 Å². The number of carbonyl (C=O) groups excluding carboxylic acids is 1. The first kappa shape index (κ1) is 12.4. The van der Waals surface area contributed by atoms with Crippen molar-refractivity contribution < 1.29 is 4.79 Å². The SMILES string of the molecule is CCCCC(CC)NC(C)C(N)=O. The van der Waals surface area contributed by atoms with E-state index < -0.39 is 0 Å². The lowest BCUT2D eigenvalue weighted by Gasteiger charge is -2.19. The largest absolute Gasteiger partial charge is 0.368 e. The molecule has 0 aromatic carbocycles. The maximum Gasteiger partial charge on any atom is 0.234 e. The molecule has 0 saturated heterocycles. The smallest absolute Gasteiger partial charge is 0.234 e. The van der Waals surface area contributed by atoms with Gasteiger partial charge in [0.15, 0.2) is 0 Å². The maximum absolute atomic E-state index is 10.8. The molecule has 78 valence electrons. The Morgan fingerprint density at radius 2 is 2.08 bits per heavy atom. The zero-order valence-electron chi connectivity index (χ0n) is 8.97. The fourth-order valence-electron chi connectivity index (χ4n) is 1.29. The van der Waals surface area contributed by atoms with Crippen molar-refractivity contribution in [3.8, 4) is 0 Å². The quantitative estimate of drug-likeness (QED) is 0.631. The molecule has 3 nitrogen and oxygen atoms in total. The monoisotopic (exact) mass is 186 g/mol. The van der Waals surface area contributed by atoms with E-state index >= 15 is 0 Å². The number of primary amides is 1. The van der Waals surface area contributed by atoms with Gasteiger partial charge in [0.25, 0.3) is 0 Å². The van der Waals surface area contributed by atoms with Gasteiger partial charge in [-0.2, -0.15) is 0 Å². The minimum Gasteiger partial charge on any atom is -0.368 e. The van der Waals surface area contributed by atoms with Crippen LogP contribution in [0.15, 0.2) is 0 Å². The molecule has 0 aromatic rings. The molecule has 0 rings (SSSR count). The molecule has 0 spiro atoms. The molecule has 2 atom stereocenters. The van der Waals surface area contributed by atoms with Crippen molar-refractivity contribution in [1.29, 1.82) is 0 Å². The van der Waals surface area contributed by atoms with Crippen LogP contribution in [0.2, 0.25) is 0 Å². The number of carbonyl (C=O) groups is 1. The summed E-state index contributed by atoms with van der Waals surface area (Å²) in [5.41, 5.74) is 5.17. The van der Waals surface area contributed by atoms with Gasteiger partial charge in [-0.1, -0.05) is 26.7 Å². The Labute approximate surface area is 81.1 Å². The van der Waals surface area contributed by atoms with E-state index in [1.54, 1.807) is 0 Å². The van der Waals surface area contributed by atoms with Gasteiger partial charge in [-0.3, -0.25) is 4.79 Å². The van der Waals surface area contributed by atoms with Crippen molar-refractivity contribution in [2.45, 2.75) is 58.5 Å². The third-order valence-electron chi connectivity index (χ3n) is 2.31. The second-order valence-corrected chi connectivity index (χ2v) is 3.54. The molecule has 2 unspecified atom stereocenters. The van der Waals surface area contributed by atoms with Crippen LogP contribution in [0.3, 0.4) is 0 Å². The summed E-state index contributed by atoms with van der Waals surface area (Å²) in [4.78, 5) is 10.8. The number of hydrogen-bond donors (Lipinski definition) is 2. The molecule has 0 aromatic heterocycles. The van der Waals surface area contributed by atoms with Gasteiger partial charge in [-0.15, -0.1) is 0 Å². The number of nitrogens with two attached hydrogens (primary N) is 1. The zero-order valence-corrected chi connectivity index (χ0v) is 8.97. The molecule has 13 heavy (non-hydrogen) atoms. The van der Waals surface area contributed by atoms with E-state index in [4.69, 9.17) is 5.73 Å². The molecular weight excluding hydrogens is 164 g/mol. The van der Waals surface area contributed by atoms with E-state index in [1.165, 1.54) is 12.8 Å². The third kappa shape index (κ3) is 5.64. The topological polar surface area (TPSA) is 55.1 Å². The predicted octanol–water partition coefficient (Wildman–Crippen LogP) is 1.42. The molecule has 3 N–H and O–H groups in total. The highest BCUT2D eigenvalue weighted by Crippen LogP contribution is 2.04. The van der Waals surface area contributed by atoms with Crippen molar-refractivity contribution in [2.24, 2.45) is 5.73 Å². The Balaban J connectivity index is 3.75. The van der Waals surface area contributed by atoms with Crippen molar-refractivity contribution >= 4 is 5.91 Å². The van der Waals surface area contributed by atoms with E-state index in [9.17, 15) is 4.79 Å². The number of unbranched alkanes of at least 4 members (excludes halogenated alkanes) is 1. The summed E-state index contributed by atoms with van der Waals surface area (Å²) in [5, 5.41) is 3.23. The molecule has 0 aliphatic heterocycles. The average Bonchev–Trinajstić information content (AvgIpc) is 2.11. The second-order valence-electron chi connectivity index (χ2n) is 3.54. The van der Waals surface area contributed by atoms with Crippen LogP contribution in [0.1, 0.15) is 46.5 Å². The molecule has 0 aliphatic carbocycles. The van der Waals surface area contributed by atoms with Crippen LogP contribution in [0.25, 0.3) is 0 Å². The molecule has 0 radical (unpaired) electrons. The summed E-state index contributed by atoms with van der Waals surface area (Å²) in [6, 6.07) is 0.226. The van der Waals surface area contributed by atoms with Gasteiger partial charge in [0.05, 0.1) is 6.04 Å². The third-order valence-corrected chi connectivity index (χ3v) is 2.31. The number of amides is 1. The lowest BCUT2D eigenvalue weighted by Crippen LogP contribution is -2.44. The second kappa shape index (κ2) is 6.89. The van der Waals surface area contributed by atoms with E-state index in [1.807, 2.05) is 6.92 Å². The lowest BCUT2D eigenvalue weighted by molar-refractivity contribution is -0.119. The van der Waals surface area contributed by atoms with E-state index in [-0.39, 0.29) is 11.9 Å². The molecule has 0 bridgehead atoms. The van der Waals surface area contributed by atoms with Gasteiger partial charge in [-0.05, 0) is 19.8 Å². The van der Waals surface area contributed by atoms with Crippen LogP contribution in [0, 0.1) is 0 Å². The summed E-state index contributed by atoms with van der Waals surface area (Å²) in [7, 11) is 0. The summed E-state index contributed by atoms with van der Waals surface area (Å²) in [5.74, 6) is -0.269. The van der Waals surface area contributed by atoms with E-state index in [0.29, 0.717) is 6.04 Å². The predicted molar refractivity (Wildman–Crippen MR) is 55.4 cm³/mol. The van der Waals surface area contributed by atoms with Crippen molar-refractivity contribution in [2.75, 3.05) is 0 Å². The van der Waals surface area contributed by atoms with Crippen LogP contribution in [0.5, 0.6) is 0 Å². The van der Waals surface area contributed by atoms with Gasteiger partial charge in [0.1, 0.15) is 0 Å². The Hall–Kier alpha value is -0.570. The van der Waals surface area contributed by atoms with Gasteiger partial charge in [0.2, 0.25) is 5.91 Å². The molecule has 0 saturated carbocycles. The number of rotatable bonds is 7. The minimum atomic E-state index is -0.269. The van der Waals surface area contributed by atoms with Crippen molar-refractivity contribution in [3.05, 3.63) is 0 Å². The van der Waals surface area contributed by atoms with Gasteiger partial charge in [-0.25, -0.2) is 0 Å². The molecule has 0 aliphatic rings. The lowest BCUT2D eigenvalue weighted by atomic mass is 10.1. The first-order chi connectivity index (χ1) is 6.11. The Morgan fingerprint density at radius 3 is 2.46 bits per heavy atom. The first-order valence-corrected chi connectivity index (χ1v) is 5.17. The first-order valence-electron chi connectivity index (χ1n) is 5.17. The Morgan fingerprint density at radius 1 is 1.46 bits per heavy atom. The summed E-state index contributed by atoms with van der Waals surface area (Å²) >= 11 is 0. The molecular formula is C10H22N2O. The van der Waals surface area contributed by atoms with Gasteiger partial charge in [0, 0.05) is 6.04 Å². The van der Waals surface area contributed by atoms with Crippen LogP contribution < -0.4 is 11.1 Å². The van der Waals surface area contributed by atoms with E-state index in [0.717, 1.165) is 12.8 Å². The fourth-order valence-corrected chi connectivity index (χ4v) is 1.29. The molecule has 1 amide bonds. The van der Waals surface area contributed by atoms with Crippen molar-refractivity contribution in [1.82, 2.24) is 5.32 Å². The normalized spacial score (nSPS) is 15.3. The Bertz CT molecular complexity index is 148. The number of hydrogen-bond acceptors (Lipinski definition) is 2. The van der Waals surface area contributed by atoms with Crippen molar-refractivity contribution in [3.63, 3.8) is 0 Å². The highest BCUT2D eigenvalue weighted by atomic mass is 16.1. The molecule has 3 heteroatoms. The van der Waals surface area contributed by atoms with Crippen LogP contribution in [0.4, 0.5) is 0 Å². The fraction of sp³-hybridized carbons (Fsp3) is 0.900. The van der Waals surface area contributed by atoms with Crippen LogP contribution >= 0.6 is 0 Å². The van der Waals surface area contributed by atoms with E-state index in [2.05, 4.69) is 19.2 Å². The minimum absolute atomic E-state index is 0.207. The summed E-state index contributed by atoms with van der Waals surface area (Å²) in [6.45, 7) is 6.11. The number of nitrogens with one attached hydrogen (secondary N) is 1. The van der Waals surface area contributed by atoms with Gasteiger partial charge >= 0.3 is 0 Å². The maximum atomic E-state index is 10.8. The highest BCUT2D eigenvalue weighted by molar-refractivity contribution is 5.79. The standard InChI is InChI=1S/C10H22N2O/c1-4-6-7-9(5-2)12-8(3)10(11)13/h8-9,12H,4-7H2,1-3H3,(H2,11,13). The zero-order chi connectivity index (χ0) is 10.3. The molecule has 0 fully saturated rings.